The molecule has 25 heavy (non-hydrogen) atoms. The first-order valence-electron chi connectivity index (χ1n) is 8.42. The van der Waals surface area contributed by atoms with E-state index in [0.29, 0.717) is 19.4 Å². The lowest BCUT2D eigenvalue weighted by Crippen LogP contribution is -2.28. The SMILES string of the molecule is Cc1ccccc1OCCCC(=O)NC(C)c1nnc2ccccn12. The van der Waals surface area contributed by atoms with E-state index < -0.39 is 0 Å². The number of carbonyl (C=O) groups is 1. The molecule has 1 unspecified atom stereocenters. The number of ether oxygens (including phenoxy) is 1. The van der Waals surface area contributed by atoms with Crippen molar-refractivity contribution in [1.29, 1.82) is 0 Å². The summed E-state index contributed by atoms with van der Waals surface area (Å²) < 4.78 is 7.60. The number of pyridine rings is 1. The summed E-state index contributed by atoms with van der Waals surface area (Å²) in [6.45, 7) is 4.43. The minimum absolute atomic E-state index is 0.0198. The Labute approximate surface area is 146 Å². The van der Waals surface area contributed by atoms with Crippen LogP contribution in [0.4, 0.5) is 0 Å². The van der Waals surface area contributed by atoms with Crippen LogP contribution in [0.2, 0.25) is 0 Å². The van der Waals surface area contributed by atoms with Crippen LogP contribution >= 0.6 is 0 Å². The Bertz CT molecular complexity index is 859. The third kappa shape index (κ3) is 4.15. The van der Waals surface area contributed by atoms with E-state index >= 15 is 0 Å². The van der Waals surface area contributed by atoms with Crippen molar-refractivity contribution in [2.24, 2.45) is 0 Å². The van der Waals surface area contributed by atoms with Gasteiger partial charge in [0, 0.05) is 12.6 Å². The third-order valence-corrected chi connectivity index (χ3v) is 4.00. The quantitative estimate of drug-likeness (QED) is 0.672. The minimum atomic E-state index is -0.206. The lowest BCUT2D eigenvalue weighted by atomic mass is 10.2. The number of aryl methyl sites for hydroxylation is 1. The average Bonchev–Trinajstić information content (AvgIpc) is 3.04. The van der Waals surface area contributed by atoms with Crippen LogP contribution in [0.15, 0.2) is 48.7 Å². The first-order chi connectivity index (χ1) is 12.1. The number of carbonyl (C=O) groups excluding carboxylic acids is 1. The molecule has 0 radical (unpaired) electrons. The molecule has 0 saturated heterocycles. The minimum Gasteiger partial charge on any atom is -0.493 e. The van der Waals surface area contributed by atoms with Gasteiger partial charge in [-0.3, -0.25) is 9.20 Å². The van der Waals surface area contributed by atoms with Crippen LogP contribution in [-0.2, 0) is 4.79 Å². The van der Waals surface area contributed by atoms with E-state index in [0.717, 1.165) is 22.8 Å². The first-order valence-corrected chi connectivity index (χ1v) is 8.42. The van der Waals surface area contributed by atoms with E-state index in [4.69, 9.17) is 4.74 Å². The van der Waals surface area contributed by atoms with Gasteiger partial charge in [0.05, 0.1) is 12.6 Å². The monoisotopic (exact) mass is 338 g/mol. The van der Waals surface area contributed by atoms with Crippen molar-refractivity contribution in [2.45, 2.75) is 32.7 Å². The van der Waals surface area contributed by atoms with Crippen LogP contribution in [0, 0.1) is 6.92 Å². The second-order valence-corrected chi connectivity index (χ2v) is 5.99. The Hall–Kier alpha value is -2.89. The van der Waals surface area contributed by atoms with E-state index in [1.165, 1.54) is 0 Å². The lowest BCUT2D eigenvalue weighted by Gasteiger charge is -2.13. The molecule has 1 amide bonds. The molecule has 0 fully saturated rings. The highest BCUT2D eigenvalue weighted by Gasteiger charge is 2.15. The Kier molecular flexibility index (Phi) is 5.28. The molecule has 0 saturated carbocycles. The van der Waals surface area contributed by atoms with E-state index in [2.05, 4.69) is 15.5 Å². The van der Waals surface area contributed by atoms with Crippen molar-refractivity contribution in [1.82, 2.24) is 19.9 Å². The van der Waals surface area contributed by atoms with Crippen molar-refractivity contribution in [3.8, 4) is 5.75 Å². The zero-order chi connectivity index (χ0) is 17.6. The molecule has 3 rings (SSSR count). The molecule has 0 bridgehead atoms. The third-order valence-electron chi connectivity index (χ3n) is 4.00. The fraction of sp³-hybridized carbons (Fsp3) is 0.316. The Morgan fingerprint density at radius 3 is 2.84 bits per heavy atom. The van der Waals surface area contributed by atoms with Crippen molar-refractivity contribution in [3.63, 3.8) is 0 Å². The highest BCUT2D eigenvalue weighted by atomic mass is 16.5. The van der Waals surface area contributed by atoms with Crippen LogP contribution in [0.25, 0.3) is 5.65 Å². The van der Waals surface area contributed by atoms with Crippen LogP contribution in [0.5, 0.6) is 5.75 Å². The second-order valence-electron chi connectivity index (χ2n) is 5.99. The molecule has 2 aromatic heterocycles. The fourth-order valence-corrected chi connectivity index (χ4v) is 2.67. The predicted molar refractivity (Wildman–Crippen MR) is 95.5 cm³/mol. The summed E-state index contributed by atoms with van der Waals surface area (Å²) in [5, 5.41) is 11.2. The summed E-state index contributed by atoms with van der Waals surface area (Å²) in [5.74, 6) is 1.57. The number of nitrogens with zero attached hydrogens (tertiary/aromatic N) is 3. The summed E-state index contributed by atoms with van der Waals surface area (Å²) >= 11 is 0. The summed E-state index contributed by atoms with van der Waals surface area (Å²) in [6.07, 6.45) is 2.96. The maximum atomic E-state index is 12.1. The van der Waals surface area contributed by atoms with Gasteiger partial charge < -0.3 is 10.1 Å². The second kappa shape index (κ2) is 7.79. The van der Waals surface area contributed by atoms with Gasteiger partial charge >= 0.3 is 0 Å². The van der Waals surface area contributed by atoms with Gasteiger partial charge in [0.15, 0.2) is 11.5 Å². The molecule has 6 heteroatoms. The molecule has 0 spiro atoms. The van der Waals surface area contributed by atoms with Crippen molar-refractivity contribution < 1.29 is 9.53 Å². The maximum absolute atomic E-state index is 12.1. The lowest BCUT2D eigenvalue weighted by molar-refractivity contribution is -0.122. The van der Waals surface area contributed by atoms with Crippen molar-refractivity contribution in [3.05, 3.63) is 60.0 Å². The Morgan fingerprint density at radius 2 is 2.00 bits per heavy atom. The molecule has 2 heterocycles. The summed E-state index contributed by atoms with van der Waals surface area (Å²) in [4.78, 5) is 12.1. The van der Waals surface area contributed by atoms with Gasteiger partial charge in [-0.1, -0.05) is 24.3 Å². The summed E-state index contributed by atoms with van der Waals surface area (Å²) in [5.41, 5.74) is 1.87. The van der Waals surface area contributed by atoms with E-state index in [1.807, 2.05) is 66.9 Å². The smallest absolute Gasteiger partial charge is 0.220 e. The number of hydrogen-bond donors (Lipinski definition) is 1. The van der Waals surface area contributed by atoms with Crippen LogP contribution in [-0.4, -0.2) is 27.1 Å². The summed E-state index contributed by atoms with van der Waals surface area (Å²) in [7, 11) is 0. The van der Waals surface area contributed by atoms with Crippen LogP contribution < -0.4 is 10.1 Å². The number of benzene rings is 1. The molecule has 3 aromatic rings. The largest absolute Gasteiger partial charge is 0.493 e. The molecular weight excluding hydrogens is 316 g/mol. The topological polar surface area (TPSA) is 68.5 Å². The van der Waals surface area contributed by atoms with Gasteiger partial charge in [0.1, 0.15) is 5.75 Å². The number of para-hydroxylation sites is 1. The summed E-state index contributed by atoms with van der Waals surface area (Å²) in [6, 6.07) is 13.4. The zero-order valence-electron chi connectivity index (χ0n) is 14.5. The van der Waals surface area contributed by atoms with Gasteiger partial charge in [0.2, 0.25) is 5.91 Å². The van der Waals surface area contributed by atoms with Crippen molar-refractivity contribution >= 4 is 11.6 Å². The van der Waals surface area contributed by atoms with Gasteiger partial charge in [0.25, 0.3) is 0 Å². The maximum Gasteiger partial charge on any atom is 0.220 e. The molecule has 6 nitrogen and oxygen atoms in total. The molecular formula is C19H22N4O2. The number of nitrogens with one attached hydrogen (secondary N) is 1. The molecule has 1 atom stereocenters. The predicted octanol–water partition coefficient (Wildman–Crippen LogP) is 3.07. The molecule has 1 aromatic carbocycles. The van der Waals surface area contributed by atoms with E-state index in [1.54, 1.807) is 0 Å². The Morgan fingerprint density at radius 1 is 1.20 bits per heavy atom. The average molecular weight is 338 g/mol. The molecule has 0 aliphatic heterocycles. The van der Waals surface area contributed by atoms with Gasteiger partial charge in [-0.05, 0) is 44.0 Å². The van der Waals surface area contributed by atoms with E-state index in [-0.39, 0.29) is 11.9 Å². The number of hydrogen-bond acceptors (Lipinski definition) is 4. The van der Waals surface area contributed by atoms with Gasteiger partial charge in [-0.25, -0.2) is 0 Å². The normalized spacial score (nSPS) is 12.1. The Balaban J connectivity index is 1.47. The highest BCUT2D eigenvalue weighted by Crippen LogP contribution is 2.16. The van der Waals surface area contributed by atoms with Crippen molar-refractivity contribution in [2.75, 3.05) is 6.61 Å². The van der Waals surface area contributed by atoms with Crippen LogP contribution in [0.1, 0.15) is 37.2 Å². The molecule has 0 aliphatic carbocycles. The molecule has 1 N–H and O–H groups in total. The first kappa shape index (κ1) is 17.0. The number of fused-ring (bicyclic) bond motifs is 1. The zero-order valence-corrected chi connectivity index (χ0v) is 14.5. The van der Waals surface area contributed by atoms with Gasteiger partial charge in [-0.15, -0.1) is 10.2 Å². The number of aromatic nitrogens is 3. The number of amides is 1. The number of rotatable bonds is 7. The highest BCUT2D eigenvalue weighted by molar-refractivity contribution is 5.76. The molecule has 130 valence electrons. The standard InChI is InChI=1S/C19H22N4O2/c1-14-8-3-4-9-16(14)25-13-7-11-18(24)20-15(2)19-22-21-17-10-5-6-12-23(17)19/h3-6,8-10,12,15H,7,11,13H2,1-2H3,(H,20,24). The van der Waals surface area contributed by atoms with Gasteiger partial charge in [-0.2, -0.15) is 0 Å². The van der Waals surface area contributed by atoms with E-state index in [9.17, 15) is 4.79 Å². The van der Waals surface area contributed by atoms with Crippen LogP contribution in [0.3, 0.4) is 0 Å². The fourth-order valence-electron chi connectivity index (χ4n) is 2.67. The molecule has 0 aliphatic rings.